The van der Waals surface area contributed by atoms with Crippen molar-refractivity contribution in [1.82, 2.24) is 0 Å². The Balaban J connectivity index is 2.54. The summed E-state index contributed by atoms with van der Waals surface area (Å²) in [5.74, 6) is 1.04. The molecule has 1 heterocycles. The van der Waals surface area contributed by atoms with Crippen molar-refractivity contribution in [3.63, 3.8) is 0 Å². The minimum atomic E-state index is -0.288. The second-order valence-corrected chi connectivity index (χ2v) is 5.48. The molecule has 14 heavy (non-hydrogen) atoms. The SMILES string of the molecule is Cc1cc(C)c2c(c1)CSC(C)C2O. The molecule has 1 N–H and O–H groups in total. The number of aliphatic hydroxyl groups is 1. The molecule has 2 unspecified atom stereocenters. The summed E-state index contributed by atoms with van der Waals surface area (Å²) in [7, 11) is 0. The topological polar surface area (TPSA) is 20.2 Å². The Morgan fingerprint density at radius 1 is 1.36 bits per heavy atom. The van der Waals surface area contributed by atoms with Crippen LogP contribution in [0.3, 0.4) is 0 Å². The van der Waals surface area contributed by atoms with Gasteiger partial charge in [-0.3, -0.25) is 0 Å². The summed E-state index contributed by atoms with van der Waals surface area (Å²) in [4.78, 5) is 0. The molecule has 1 aliphatic heterocycles. The van der Waals surface area contributed by atoms with Gasteiger partial charge in [-0.1, -0.05) is 24.6 Å². The smallest absolute Gasteiger partial charge is 0.0911 e. The molecule has 1 aromatic carbocycles. The molecule has 0 fully saturated rings. The molecule has 76 valence electrons. The summed E-state index contributed by atoms with van der Waals surface area (Å²) in [6, 6.07) is 4.36. The van der Waals surface area contributed by atoms with E-state index in [4.69, 9.17) is 0 Å². The quantitative estimate of drug-likeness (QED) is 0.707. The molecule has 0 bridgehead atoms. The molecule has 0 saturated heterocycles. The number of benzene rings is 1. The highest BCUT2D eigenvalue weighted by molar-refractivity contribution is 7.99. The van der Waals surface area contributed by atoms with Gasteiger partial charge in [-0.2, -0.15) is 11.8 Å². The third-order valence-electron chi connectivity index (χ3n) is 2.86. The third kappa shape index (κ3) is 1.57. The molecule has 0 spiro atoms. The lowest BCUT2D eigenvalue weighted by molar-refractivity contribution is 0.176. The molecular formula is C12H16OS. The molecule has 0 amide bonds. The van der Waals surface area contributed by atoms with Crippen molar-refractivity contribution in [2.45, 2.75) is 37.9 Å². The first-order valence-electron chi connectivity index (χ1n) is 4.99. The van der Waals surface area contributed by atoms with Gasteiger partial charge in [-0.25, -0.2) is 0 Å². The normalized spacial score (nSPS) is 26.0. The molecule has 2 rings (SSSR count). The van der Waals surface area contributed by atoms with Crippen LogP contribution >= 0.6 is 11.8 Å². The number of aliphatic hydroxyl groups excluding tert-OH is 1. The van der Waals surface area contributed by atoms with Crippen LogP contribution in [0.1, 0.15) is 35.3 Å². The number of aryl methyl sites for hydroxylation is 2. The Bertz CT molecular complexity index is 360. The molecule has 1 aliphatic rings. The fraction of sp³-hybridized carbons (Fsp3) is 0.500. The lowest BCUT2D eigenvalue weighted by Crippen LogP contribution is -2.19. The van der Waals surface area contributed by atoms with Crippen molar-refractivity contribution >= 4 is 11.8 Å². The maximum Gasteiger partial charge on any atom is 0.0911 e. The maximum atomic E-state index is 10.1. The Hall–Kier alpha value is -0.470. The van der Waals surface area contributed by atoms with E-state index in [-0.39, 0.29) is 6.10 Å². The zero-order valence-electron chi connectivity index (χ0n) is 8.87. The standard InChI is InChI=1S/C12H16OS/c1-7-4-8(2)11-10(5-7)6-14-9(3)12(11)13/h4-5,9,12-13H,6H2,1-3H3. The second-order valence-electron chi connectivity index (χ2n) is 4.12. The highest BCUT2D eigenvalue weighted by Gasteiger charge is 2.26. The van der Waals surface area contributed by atoms with Crippen LogP contribution < -0.4 is 0 Å². The van der Waals surface area contributed by atoms with E-state index in [1.165, 1.54) is 22.3 Å². The number of rotatable bonds is 0. The summed E-state index contributed by atoms with van der Waals surface area (Å²) < 4.78 is 0. The van der Waals surface area contributed by atoms with Crippen LogP contribution in [0.25, 0.3) is 0 Å². The molecule has 1 nitrogen and oxygen atoms in total. The molecule has 0 radical (unpaired) electrons. The van der Waals surface area contributed by atoms with E-state index in [1.807, 2.05) is 11.8 Å². The van der Waals surface area contributed by atoms with E-state index in [0.29, 0.717) is 5.25 Å². The fourth-order valence-corrected chi connectivity index (χ4v) is 3.16. The molecule has 1 aromatic rings. The monoisotopic (exact) mass is 208 g/mol. The molecule has 2 heteroatoms. The van der Waals surface area contributed by atoms with Gasteiger partial charge in [-0.05, 0) is 30.5 Å². The fourth-order valence-electron chi connectivity index (χ4n) is 2.16. The predicted molar refractivity (Wildman–Crippen MR) is 61.6 cm³/mol. The van der Waals surface area contributed by atoms with Gasteiger partial charge in [-0.15, -0.1) is 0 Å². The average molecular weight is 208 g/mol. The summed E-state index contributed by atoms with van der Waals surface area (Å²) in [5.41, 5.74) is 5.02. The molecule has 0 saturated carbocycles. The molecule has 0 aromatic heterocycles. The van der Waals surface area contributed by atoms with E-state index in [1.54, 1.807) is 0 Å². The van der Waals surface area contributed by atoms with Gasteiger partial charge in [0.05, 0.1) is 6.10 Å². The Kier molecular flexibility index (Phi) is 2.58. The van der Waals surface area contributed by atoms with Crippen molar-refractivity contribution in [2.75, 3.05) is 0 Å². The van der Waals surface area contributed by atoms with Gasteiger partial charge in [0.15, 0.2) is 0 Å². The average Bonchev–Trinajstić information content (AvgIpc) is 2.10. The van der Waals surface area contributed by atoms with E-state index < -0.39 is 0 Å². The van der Waals surface area contributed by atoms with Gasteiger partial charge in [0.2, 0.25) is 0 Å². The molecule has 2 atom stereocenters. The first-order valence-corrected chi connectivity index (χ1v) is 6.04. The Labute approximate surface area is 89.5 Å². The van der Waals surface area contributed by atoms with Crippen LogP contribution in [-0.4, -0.2) is 10.4 Å². The molecular weight excluding hydrogens is 192 g/mol. The summed E-state index contributed by atoms with van der Waals surface area (Å²) in [6.07, 6.45) is -0.288. The number of hydrogen-bond acceptors (Lipinski definition) is 2. The Morgan fingerprint density at radius 3 is 2.79 bits per heavy atom. The van der Waals surface area contributed by atoms with Crippen molar-refractivity contribution < 1.29 is 5.11 Å². The highest BCUT2D eigenvalue weighted by Crippen LogP contribution is 2.39. The van der Waals surface area contributed by atoms with Gasteiger partial charge < -0.3 is 5.11 Å². The van der Waals surface area contributed by atoms with Crippen LogP contribution in [0.4, 0.5) is 0 Å². The van der Waals surface area contributed by atoms with Crippen LogP contribution in [0.15, 0.2) is 12.1 Å². The van der Waals surface area contributed by atoms with Crippen molar-refractivity contribution in [1.29, 1.82) is 0 Å². The number of hydrogen-bond donors (Lipinski definition) is 1. The van der Waals surface area contributed by atoms with Gasteiger partial charge in [0.1, 0.15) is 0 Å². The highest BCUT2D eigenvalue weighted by atomic mass is 32.2. The maximum absolute atomic E-state index is 10.1. The van der Waals surface area contributed by atoms with Crippen molar-refractivity contribution in [3.8, 4) is 0 Å². The lowest BCUT2D eigenvalue weighted by atomic mass is 9.94. The Morgan fingerprint density at radius 2 is 2.07 bits per heavy atom. The van der Waals surface area contributed by atoms with E-state index in [0.717, 1.165) is 5.75 Å². The van der Waals surface area contributed by atoms with Gasteiger partial charge in [0.25, 0.3) is 0 Å². The van der Waals surface area contributed by atoms with E-state index in [9.17, 15) is 5.11 Å². The first-order chi connectivity index (χ1) is 6.59. The zero-order chi connectivity index (χ0) is 10.3. The van der Waals surface area contributed by atoms with Crippen LogP contribution in [0.5, 0.6) is 0 Å². The molecule has 0 aliphatic carbocycles. The predicted octanol–water partition coefficient (Wildman–Crippen LogP) is 2.97. The minimum absolute atomic E-state index is 0.288. The zero-order valence-corrected chi connectivity index (χ0v) is 9.69. The van der Waals surface area contributed by atoms with Crippen molar-refractivity contribution in [3.05, 3.63) is 34.4 Å². The van der Waals surface area contributed by atoms with Crippen LogP contribution in [0.2, 0.25) is 0 Å². The van der Waals surface area contributed by atoms with Crippen LogP contribution in [-0.2, 0) is 5.75 Å². The van der Waals surface area contributed by atoms with E-state index >= 15 is 0 Å². The van der Waals surface area contributed by atoms with Crippen molar-refractivity contribution in [2.24, 2.45) is 0 Å². The van der Waals surface area contributed by atoms with Gasteiger partial charge >= 0.3 is 0 Å². The summed E-state index contributed by atoms with van der Waals surface area (Å²) >= 11 is 1.84. The first kappa shape index (κ1) is 10.1. The largest absolute Gasteiger partial charge is 0.387 e. The summed E-state index contributed by atoms with van der Waals surface area (Å²) in [6.45, 7) is 6.30. The minimum Gasteiger partial charge on any atom is -0.387 e. The number of thioether (sulfide) groups is 1. The lowest BCUT2D eigenvalue weighted by Gasteiger charge is -2.29. The van der Waals surface area contributed by atoms with Crippen LogP contribution in [0, 0.1) is 13.8 Å². The number of fused-ring (bicyclic) bond motifs is 1. The van der Waals surface area contributed by atoms with Gasteiger partial charge in [0, 0.05) is 11.0 Å². The summed E-state index contributed by atoms with van der Waals surface area (Å²) in [5, 5.41) is 10.4. The second kappa shape index (κ2) is 3.59. The third-order valence-corrected chi connectivity index (χ3v) is 4.12. The van der Waals surface area contributed by atoms with E-state index in [2.05, 4.69) is 32.9 Å².